The Hall–Kier alpha value is -4.88. The highest BCUT2D eigenvalue weighted by Gasteiger charge is 2.11. The van der Waals surface area contributed by atoms with Gasteiger partial charge >= 0.3 is 11.9 Å². The summed E-state index contributed by atoms with van der Waals surface area (Å²) in [4.78, 5) is 23.2. The summed E-state index contributed by atoms with van der Waals surface area (Å²) >= 11 is 3.84. The third-order valence-corrected chi connectivity index (χ3v) is 7.74. The van der Waals surface area contributed by atoms with Crippen LogP contribution in [0.3, 0.4) is 0 Å². The fourth-order valence-corrected chi connectivity index (χ4v) is 5.20. The topological polar surface area (TPSA) is 71.1 Å². The van der Waals surface area contributed by atoms with E-state index in [1.807, 2.05) is 0 Å². The van der Waals surface area contributed by atoms with Crippen molar-refractivity contribution in [3.05, 3.63) is 142 Å². The zero-order valence-electron chi connectivity index (χ0n) is 23.7. The zero-order chi connectivity index (χ0) is 30.2. The lowest BCUT2D eigenvalue weighted by atomic mass is 9.98. The Labute approximate surface area is 258 Å². The quantitative estimate of drug-likeness (QED) is 0.143. The summed E-state index contributed by atoms with van der Waals surface area (Å²) < 4.78 is 22.3. The summed E-state index contributed by atoms with van der Waals surface area (Å²) in [6.45, 7) is 0.821. The summed E-state index contributed by atoms with van der Waals surface area (Å²) in [5, 5.41) is 0. The smallest absolute Gasteiger partial charge is 0.337 e. The van der Waals surface area contributed by atoms with E-state index >= 15 is 0 Å². The molecule has 5 rings (SSSR count). The van der Waals surface area contributed by atoms with Gasteiger partial charge in [0, 0.05) is 4.47 Å². The molecule has 43 heavy (non-hydrogen) atoms. The highest BCUT2D eigenvalue weighted by atomic mass is 79.9. The van der Waals surface area contributed by atoms with Crippen molar-refractivity contribution in [1.29, 1.82) is 0 Å². The minimum atomic E-state index is -0.374. The molecule has 5 aromatic rings. The number of hydrogen-bond donors (Lipinski definition) is 0. The van der Waals surface area contributed by atoms with E-state index in [0.717, 1.165) is 37.9 Å². The van der Waals surface area contributed by atoms with Gasteiger partial charge < -0.3 is 18.9 Å². The molecule has 0 saturated carbocycles. The number of benzene rings is 5. The largest absolute Gasteiger partial charge is 0.489 e. The molecule has 0 saturated heterocycles. The van der Waals surface area contributed by atoms with Crippen LogP contribution in [0, 0.1) is 0 Å². The van der Waals surface area contributed by atoms with Crippen LogP contribution in [0.15, 0.2) is 120 Å². The molecule has 0 aromatic heterocycles. The van der Waals surface area contributed by atoms with Gasteiger partial charge in [-0.2, -0.15) is 0 Å². The van der Waals surface area contributed by atoms with Crippen molar-refractivity contribution in [1.82, 2.24) is 0 Å². The summed E-state index contributed by atoms with van der Waals surface area (Å²) in [5.41, 5.74) is 7.38. The first-order valence-corrected chi connectivity index (χ1v) is 14.3. The fraction of sp³-hybridized carbons (Fsp3) is 0.111. The normalized spacial score (nSPS) is 10.6. The van der Waals surface area contributed by atoms with E-state index in [1.54, 1.807) is 48.5 Å². The molecule has 216 valence electrons. The molecule has 0 radical (unpaired) electrons. The average molecular weight is 638 g/mol. The monoisotopic (exact) mass is 636 g/mol. The van der Waals surface area contributed by atoms with Crippen LogP contribution in [0.4, 0.5) is 0 Å². The third-order valence-electron chi connectivity index (χ3n) is 6.89. The fourth-order valence-electron chi connectivity index (χ4n) is 4.48. The Kier molecular flexibility index (Phi) is 9.54. The predicted molar refractivity (Wildman–Crippen MR) is 169 cm³/mol. The predicted octanol–water partition coefficient (Wildman–Crippen LogP) is 8.51. The molecule has 0 aliphatic rings. The van der Waals surface area contributed by atoms with E-state index in [0.29, 0.717) is 35.8 Å². The molecule has 6 nitrogen and oxygen atoms in total. The van der Waals surface area contributed by atoms with Gasteiger partial charge in [-0.25, -0.2) is 9.59 Å². The van der Waals surface area contributed by atoms with Crippen molar-refractivity contribution in [2.45, 2.75) is 13.2 Å². The Balaban J connectivity index is 1.21. The number of methoxy groups -OCH3 is 2. The molecular weight excluding hydrogens is 608 g/mol. The molecule has 0 bridgehead atoms. The summed E-state index contributed by atoms with van der Waals surface area (Å²) in [7, 11) is 2.72. The first-order chi connectivity index (χ1) is 20.9. The van der Waals surface area contributed by atoms with E-state index in [9.17, 15) is 9.59 Å². The van der Waals surface area contributed by atoms with Crippen LogP contribution >= 0.6 is 15.9 Å². The number of halogens is 1. The van der Waals surface area contributed by atoms with Crippen LogP contribution in [-0.2, 0) is 22.7 Å². The summed E-state index contributed by atoms with van der Waals surface area (Å²) in [6.07, 6.45) is 0. The van der Waals surface area contributed by atoms with Gasteiger partial charge in [0.05, 0.1) is 25.3 Å². The number of carbonyl (C=O) groups is 2. The van der Waals surface area contributed by atoms with Crippen molar-refractivity contribution in [2.75, 3.05) is 14.2 Å². The van der Waals surface area contributed by atoms with Crippen LogP contribution in [0.5, 0.6) is 11.5 Å². The Morgan fingerprint density at radius 2 is 0.907 bits per heavy atom. The van der Waals surface area contributed by atoms with Gasteiger partial charge in [-0.1, -0.05) is 66.7 Å². The van der Waals surface area contributed by atoms with Gasteiger partial charge in [-0.15, -0.1) is 0 Å². The average Bonchev–Trinajstić information content (AvgIpc) is 3.07. The maximum absolute atomic E-state index is 11.6. The molecule has 0 fully saturated rings. The Morgan fingerprint density at radius 1 is 0.535 bits per heavy atom. The second kappa shape index (κ2) is 13.9. The van der Waals surface area contributed by atoms with Gasteiger partial charge in [0.25, 0.3) is 0 Å². The maximum Gasteiger partial charge on any atom is 0.337 e. The zero-order valence-corrected chi connectivity index (χ0v) is 25.3. The van der Waals surface area contributed by atoms with Crippen LogP contribution in [0.2, 0.25) is 0 Å². The minimum absolute atomic E-state index is 0.374. The van der Waals surface area contributed by atoms with Crippen molar-refractivity contribution >= 4 is 27.9 Å². The van der Waals surface area contributed by atoms with E-state index in [-0.39, 0.29) is 11.9 Å². The molecule has 0 N–H and O–H groups in total. The number of esters is 2. The number of rotatable bonds is 10. The maximum atomic E-state index is 11.6. The number of carbonyl (C=O) groups excluding carboxylic acids is 2. The lowest BCUT2D eigenvalue weighted by Gasteiger charge is -2.13. The van der Waals surface area contributed by atoms with Crippen LogP contribution in [-0.4, -0.2) is 26.2 Å². The van der Waals surface area contributed by atoms with Crippen LogP contribution in [0.1, 0.15) is 31.8 Å². The lowest BCUT2D eigenvalue weighted by molar-refractivity contribution is 0.0591. The van der Waals surface area contributed by atoms with E-state index in [4.69, 9.17) is 18.9 Å². The van der Waals surface area contributed by atoms with Crippen molar-refractivity contribution < 1.29 is 28.5 Å². The van der Waals surface area contributed by atoms with E-state index in [1.165, 1.54) is 14.2 Å². The molecular formula is C36H29BrO6. The number of ether oxygens (including phenoxy) is 4. The minimum Gasteiger partial charge on any atom is -0.489 e. The summed E-state index contributed by atoms with van der Waals surface area (Å²) in [6, 6.07) is 36.6. The second-order valence-electron chi connectivity index (χ2n) is 9.67. The van der Waals surface area contributed by atoms with E-state index in [2.05, 4.69) is 82.7 Å². The van der Waals surface area contributed by atoms with Gasteiger partial charge in [-0.3, -0.25) is 0 Å². The van der Waals surface area contributed by atoms with Gasteiger partial charge in [-0.05, 0) is 97.8 Å². The Morgan fingerprint density at radius 3 is 1.26 bits per heavy atom. The molecule has 0 amide bonds. The SMILES string of the molecule is COC(=O)c1ccc(OCc2ccc(-c3cccc(-c4ccc(COc5ccc(C(=O)OC)cc5)cc4)c3Br)cc2)cc1. The molecule has 0 unspecified atom stereocenters. The van der Waals surface area contributed by atoms with Crippen LogP contribution < -0.4 is 9.47 Å². The highest BCUT2D eigenvalue weighted by Crippen LogP contribution is 2.37. The lowest BCUT2D eigenvalue weighted by Crippen LogP contribution is -2.01. The van der Waals surface area contributed by atoms with Gasteiger partial charge in [0.2, 0.25) is 0 Å². The molecule has 0 spiro atoms. The third kappa shape index (κ3) is 7.31. The van der Waals surface area contributed by atoms with Crippen LogP contribution in [0.25, 0.3) is 22.3 Å². The van der Waals surface area contributed by atoms with Crippen molar-refractivity contribution in [3.63, 3.8) is 0 Å². The molecule has 7 heteroatoms. The molecule has 0 heterocycles. The van der Waals surface area contributed by atoms with Gasteiger partial charge in [0.1, 0.15) is 24.7 Å². The first-order valence-electron chi connectivity index (χ1n) is 13.5. The highest BCUT2D eigenvalue weighted by molar-refractivity contribution is 9.10. The van der Waals surface area contributed by atoms with Crippen molar-refractivity contribution in [2.24, 2.45) is 0 Å². The standard InChI is InChI=1S/C36H29BrO6/c1-40-35(38)28-14-18-30(19-15-28)42-22-24-6-10-26(11-7-24)32-4-3-5-33(34(32)37)27-12-8-25(9-13-27)23-43-31-20-16-29(17-21-31)36(39)41-2/h3-21H,22-23H2,1-2H3. The molecule has 0 aliphatic heterocycles. The second-order valence-corrected chi connectivity index (χ2v) is 10.5. The number of hydrogen-bond acceptors (Lipinski definition) is 6. The van der Waals surface area contributed by atoms with E-state index < -0.39 is 0 Å². The van der Waals surface area contributed by atoms with Crippen molar-refractivity contribution in [3.8, 4) is 33.8 Å². The summed E-state index contributed by atoms with van der Waals surface area (Å²) in [5.74, 6) is 0.612. The molecule has 0 atom stereocenters. The van der Waals surface area contributed by atoms with Gasteiger partial charge in [0.15, 0.2) is 0 Å². The molecule has 0 aliphatic carbocycles. The first kappa shape index (κ1) is 29.6. The molecule has 5 aromatic carbocycles. The Bertz CT molecular complexity index is 1570.